The van der Waals surface area contributed by atoms with E-state index < -0.39 is 0 Å². The molecular formula is C39H35Cl2NO2. The molecule has 6 aromatic carbocycles. The summed E-state index contributed by atoms with van der Waals surface area (Å²) >= 11 is 11.7. The van der Waals surface area contributed by atoms with Gasteiger partial charge in [-0.05, 0) is 125 Å². The minimum atomic E-state index is 0.583. The van der Waals surface area contributed by atoms with Gasteiger partial charge in [0.1, 0.15) is 11.5 Å². The monoisotopic (exact) mass is 619 g/mol. The van der Waals surface area contributed by atoms with Gasteiger partial charge in [0.05, 0.1) is 13.2 Å². The van der Waals surface area contributed by atoms with Crippen molar-refractivity contribution in [3.8, 4) is 22.6 Å². The van der Waals surface area contributed by atoms with Crippen molar-refractivity contribution in [1.82, 2.24) is 0 Å². The molecule has 0 saturated heterocycles. The molecule has 6 rings (SSSR count). The van der Waals surface area contributed by atoms with Gasteiger partial charge in [-0.25, -0.2) is 0 Å². The van der Waals surface area contributed by atoms with E-state index in [1.54, 1.807) is 0 Å². The van der Waals surface area contributed by atoms with Crippen LogP contribution in [0.4, 0.5) is 17.1 Å². The molecule has 0 radical (unpaired) electrons. The van der Waals surface area contributed by atoms with Crippen molar-refractivity contribution >= 4 is 61.8 Å². The normalized spacial score (nSPS) is 11.2. The van der Waals surface area contributed by atoms with Gasteiger partial charge in [-0.1, -0.05) is 54.6 Å². The van der Waals surface area contributed by atoms with Gasteiger partial charge < -0.3 is 14.4 Å². The predicted molar refractivity (Wildman–Crippen MR) is 188 cm³/mol. The SMILES string of the molecule is Cc1ccc(N(c2ccc(OCCCCl)cc2)c2ccc(OCCCCl)cc2)cc1-c1cc2ccccc2c2ccccc12. The van der Waals surface area contributed by atoms with Crippen LogP contribution < -0.4 is 14.4 Å². The molecule has 5 heteroatoms. The topological polar surface area (TPSA) is 21.7 Å². The molecule has 0 saturated carbocycles. The summed E-state index contributed by atoms with van der Waals surface area (Å²) in [5.74, 6) is 2.82. The molecule has 0 fully saturated rings. The molecule has 0 unspecified atom stereocenters. The summed E-state index contributed by atoms with van der Waals surface area (Å²) in [5.41, 5.74) is 6.78. The number of rotatable bonds is 12. The summed E-state index contributed by atoms with van der Waals surface area (Å²) < 4.78 is 11.8. The Balaban J connectivity index is 1.45. The van der Waals surface area contributed by atoms with Crippen molar-refractivity contribution in [3.05, 3.63) is 127 Å². The van der Waals surface area contributed by atoms with E-state index in [-0.39, 0.29) is 0 Å². The molecular weight excluding hydrogens is 585 g/mol. The Labute approximate surface area is 269 Å². The Morgan fingerprint density at radius 2 is 1.05 bits per heavy atom. The molecule has 6 aromatic rings. The molecule has 0 spiro atoms. The lowest BCUT2D eigenvalue weighted by Gasteiger charge is -2.27. The first kappa shape index (κ1) is 29.9. The van der Waals surface area contributed by atoms with E-state index in [4.69, 9.17) is 32.7 Å². The third-order valence-electron chi connectivity index (χ3n) is 7.82. The molecule has 0 N–H and O–H groups in total. The van der Waals surface area contributed by atoms with Crippen LogP contribution in [0.1, 0.15) is 18.4 Å². The van der Waals surface area contributed by atoms with Crippen LogP contribution in [0.25, 0.3) is 32.7 Å². The Morgan fingerprint density at radius 3 is 1.64 bits per heavy atom. The number of fused-ring (bicyclic) bond motifs is 3. The first-order valence-corrected chi connectivity index (χ1v) is 16.1. The Kier molecular flexibility index (Phi) is 9.55. The third kappa shape index (κ3) is 6.50. The number of benzene rings is 6. The molecule has 0 aliphatic rings. The van der Waals surface area contributed by atoms with Crippen molar-refractivity contribution in [2.75, 3.05) is 29.9 Å². The standard InChI is InChI=1S/C39H35Cl2NO2/c1-28-12-13-32(27-38(28)39-26-29-8-2-3-9-35(29)36-10-4-5-11-37(36)39)42(30-14-18-33(19-15-30)43-24-6-22-40)31-16-20-34(21-17-31)44-25-7-23-41/h2-5,8-21,26-27H,6-7,22-25H2,1H3. The number of halogens is 2. The maximum Gasteiger partial charge on any atom is 0.119 e. The van der Waals surface area contributed by atoms with Gasteiger partial charge in [-0.3, -0.25) is 0 Å². The van der Waals surface area contributed by atoms with Crippen LogP contribution in [0, 0.1) is 6.92 Å². The van der Waals surface area contributed by atoms with Crippen molar-refractivity contribution in [1.29, 1.82) is 0 Å². The van der Waals surface area contributed by atoms with Crippen molar-refractivity contribution in [2.45, 2.75) is 19.8 Å². The minimum absolute atomic E-state index is 0.583. The van der Waals surface area contributed by atoms with Gasteiger partial charge in [0, 0.05) is 28.8 Å². The van der Waals surface area contributed by atoms with Crippen LogP contribution in [0.3, 0.4) is 0 Å². The van der Waals surface area contributed by atoms with Gasteiger partial charge in [0.15, 0.2) is 0 Å². The quantitative estimate of drug-likeness (QED) is 0.0772. The lowest BCUT2D eigenvalue weighted by atomic mass is 9.91. The van der Waals surface area contributed by atoms with Crippen LogP contribution in [-0.2, 0) is 0 Å². The summed E-state index contributed by atoms with van der Waals surface area (Å²) in [6.07, 6.45) is 1.62. The average Bonchev–Trinajstić information content (AvgIpc) is 3.07. The van der Waals surface area contributed by atoms with Crippen molar-refractivity contribution < 1.29 is 9.47 Å². The van der Waals surface area contributed by atoms with Crippen LogP contribution >= 0.6 is 23.2 Å². The first-order valence-electron chi connectivity index (χ1n) is 15.1. The number of hydrogen-bond acceptors (Lipinski definition) is 3. The number of aryl methyl sites for hydroxylation is 1. The molecule has 0 aliphatic heterocycles. The van der Waals surface area contributed by atoms with Crippen LogP contribution in [0.15, 0.2) is 121 Å². The highest BCUT2D eigenvalue weighted by Gasteiger charge is 2.17. The molecule has 0 aliphatic carbocycles. The van der Waals surface area contributed by atoms with E-state index in [1.807, 2.05) is 24.3 Å². The zero-order valence-electron chi connectivity index (χ0n) is 24.8. The lowest BCUT2D eigenvalue weighted by molar-refractivity contribution is 0.318. The van der Waals surface area contributed by atoms with E-state index in [2.05, 4.69) is 109 Å². The zero-order valence-corrected chi connectivity index (χ0v) is 26.3. The van der Waals surface area contributed by atoms with Gasteiger partial charge in [-0.2, -0.15) is 0 Å². The van der Waals surface area contributed by atoms with Gasteiger partial charge >= 0.3 is 0 Å². The lowest BCUT2D eigenvalue weighted by Crippen LogP contribution is -2.10. The Bertz CT molecular complexity index is 1800. The summed E-state index contributed by atoms with van der Waals surface area (Å²) in [7, 11) is 0. The zero-order chi connectivity index (χ0) is 30.3. The third-order valence-corrected chi connectivity index (χ3v) is 8.36. The summed E-state index contributed by atoms with van der Waals surface area (Å²) in [6, 6.07) is 42.9. The van der Waals surface area contributed by atoms with Crippen LogP contribution in [0.5, 0.6) is 11.5 Å². The van der Waals surface area contributed by atoms with Gasteiger partial charge in [-0.15, -0.1) is 23.2 Å². The molecule has 0 bridgehead atoms. The highest BCUT2D eigenvalue weighted by Crippen LogP contribution is 2.41. The highest BCUT2D eigenvalue weighted by atomic mass is 35.5. The predicted octanol–water partition coefficient (Wildman–Crippen LogP) is 11.5. The summed E-state index contributed by atoms with van der Waals surface area (Å²) in [6.45, 7) is 3.38. The fourth-order valence-electron chi connectivity index (χ4n) is 5.64. The number of alkyl halides is 2. The molecule has 3 nitrogen and oxygen atoms in total. The second kappa shape index (κ2) is 14.1. The molecule has 222 valence electrons. The Morgan fingerprint density at radius 1 is 0.523 bits per heavy atom. The maximum absolute atomic E-state index is 5.89. The average molecular weight is 621 g/mol. The minimum Gasteiger partial charge on any atom is -0.494 e. The van der Waals surface area contributed by atoms with E-state index in [1.165, 1.54) is 38.2 Å². The van der Waals surface area contributed by atoms with E-state index in [9.17, 15) is 0 Å². The second-order valence-corrected chi connectivity index (χ2v) is 11.6. The highest BCUT2D eigenvalue weighted by molar-refractivity contribution is 6.18. The first-order chi connectivity index (χ1) is 21.7. The van der Waals surface area contributed by atoms with E-state index in [0.717, 1.165) is 41.4 Å². The van der Waals surface area contributed by atoms with E-state index >= 15 is 0 Å². The van der Waals surface area contributed by atoms with Crippen molar-refractivity contribution in [2.24, 2.45) is 0 Å². The smallest absolute Gasteiger partial charge is 0.119 e. The molecule has 0 atom stereocenters. The number of ether oxygens (including phenoxy) is 2. The number of nitrogens with zero attached hydrogens (tertiary/aromatic N) is 1. The van der Waals surface area contributed by atoms with E-state index in [0.29, 0.717) is 25.0 Å². The van der Waals surface area contributed by atoms with Gasteiger partial charge in [0.2, 0.25) is 0 Å². The molecule has 0 amide bonds. The second-order valence-electron chi connectivity index (χ2n) is 10.8. The van der Waals surface area contributed by atoms with Crippen LogP contribution in [0.2, 0.25) is 0 Å². The summed E-state index contributed by atoms with van der Waals surface area (Å²) in [4.78, 5) is 2.28. The fourth-order valence-corrected chi connectivity index (χ4v) is 5.85. The number of anilines is 3. The van der Waals surface area contributed by atoms with Crippen molar-refractivity contribution in [3.63, 3.8) is 0 Å². The maximum atomic E-state index is 5.89. The largest absolute Gasteiger partial charge is 0.494 e. The number of hydrogen-bond donors (Lipinski definition) is 0. The molecule has 0 aromatic heterocycles. The van der Waals surface area contributed by atoms with Crippen LogP contribution in [-0.4, -0.2) is 25.0 Å². The fraction of sp³-hybridized carbons (Fsp3) is 0.179. The summed E-state index contributed by atoms with van der Waals surface area (Å²) in [5, 5.41) is 5.01. The Hall–Kier alpha value is -4.18. The molecule has 44 heavy (non-hydrogen) atoms. The van der Waals surface area contributed by atoms with Gasteiger partial charge in [0.25, 0.3) is 0 Å². The molecule has 0 heterocycles.